The summed E-state index contributed by atoms with van der Waals surface area (Å²) >= 11 is 0. The summed E-state index contributed by atoms with van der Waals surface area (Å²) in [6.45, 7) is 2.74. The summed E-state index contributed by atoms with van der Waals surface area (Å²) in [5, 5.41) is 16.1. The zero-order valence-corrected chi connectivity index (χ0v) is 11.6. The zero-order valence-electron chi connectivity index (χ0n) is 11.6. The molecule has 5 heteroatoms. The number of nitrogens with one attached hydrogen (secondary N) is 2. The second-order valence-corrected chi connectivity index (χ2v) is 5.36. The molecule has 0 aromatic heterocycles. The molecule has 1 aromatic rings. The minimum Gasteiger partial charge on any atom is -0.388 e. The molecular weight excluding hydrogens is 259 g/mol. The molecule has 0 bridgehead atoms. The molecule has 1 aromatic carbocycles. The second kappa shape index (κ2) is 6.81. The third-order valence-corrected chi connectivity index (χ3v) is 3.60. The Kier molecular flexibility index (Phi) is 5.09. The van der Waals surface area contributed by atoms with Gasteiger partial charge in [0.1, 0.15) is 5.82 Å². The van der Waals surface area contributed by atoms with Gasteiger partial charge in [-0.1, -0.05) is 12.1 Å². The molecule has 0 radical (unpaired) electrons. The van der Waals surface area contributed by atoms with Gasteiger partial charge in [-0.2, -0.15) is 0 Å². The lowest BCUT2D eigenvalue weighted by Crippen LogP contribution is -2.44. The number of aliphatic hydroxyl groups excluding tert-OH is 1. The molecule has 20 heavy (non-hydrogen) atoms. The van der Waals surface area contributed by atoms with Crippen molar-refractivity contribution in [3.8, 4) is 0 Å². The molecule has 0 saturated carbocycles. The third-order valence-electron chi connectivity index (χ3n) is 3.60. The van der Waals surface area contributed by atoms with Crippen molar-refractivity contribution in [2.45, 2.75) is 44.4 Å². The molecule has 0 aliphatic carbocycles. The first-order chi connectivity index (χ1) is 9.56. The first kappa shape index (κ1) is 14.9. The van der Waals surface area contributed by atoms with E-state index in [0.717, 1.165) is 19.4 Å². The quantitative estimate of drug-likeness (QED) is 0.766. The number of hydrogen-bond acceptors (Lipinski definition) is 3. The van der Waals surface area contributed by atoms with Crippen LogP contribution in [0.1, 0.15) is 37.9 Å². The first-order valence-electron chi connectivity index (χ1n) is 7.03. The minimum atomic E-state index is -0.706. The highest BCUT2D eigenvalue weighted by molar-refractivity contribution is 5.82. The molecule has 4 nitrogen and oxygen atoms in total. The molecule has 1 amide bonds. The maximum Gasteiger partial charge on any atom is 0.237 e. The van der Waals surface area contributed by atoms with Crippen LogP contribution in [0.2, 0.25) is 0 Å². The van der Waals surface area contributed by atoms with Gasteiger partial charge in [0.05, 0.1) is 12.1 Å². The van der Waals surface area contributed by atoms with Crippen molar-refractivity contribution in [2.75, 3.05) is 6.54 Å². The third kappa shape index (κ3) is 4.02. The molecule has 1 fully saturated rings. The molecular formula is C15H21FN2O2. The Hall–Kier alpha value is -1.46. The summed E-state index contributed by atoms with van der Waals surface area (Å²) in [4.78, 5) is 11.9. The van der Waals surface area contributed by atoms with E-state index >= 15 is 0 Å². The molecule has 1 saturated heterocycles. The number of carbonyl (C=O) groups is 1. The maximum atomic E-state index is 12.8. The summed E-state index contributed by atoms with van der Waals surface area (Å²) < 4.78 is 12.8. The van der Waals surface area contributed by atoms with Crippen LogP contribution in [-0.4, -0.2) is 29.6 Å². The number of benzene rings is 1. The number of rotatable bonds is 5. The van der Waals surface area contributed by atoms with E-state index in [-0.39, 0.29) is 23.8 Å². The van der Waals surface area contributed by atoms with Gasteiger partial charge < -0.3 is 15.7 Å². The lowest BCUT2D eigenvalue weighted by atomic mass is 10.0. The Morgan fingerprint density at radius 2 is 2.20 bits per heavy atom. The standard InChI is InChI=1S/C15H21FN2O2/c1-10(18-15(20)13-3-2-8-17-13)9-14(19)11-4-6-12(16)7-5-11/h4-7,10,13-14,17,19H,2-3,8-9H2,1H3,(H,18,20)/t10?,13-,14?/m0/s1. The van der Waals surface area contributed by atoms with Crippen LogP contribution in [0.3, 0.4) is 0 Å². The summed E-state index contributed by atoms with van der Waals surface area (Å²) in [6.07, 6.45) is 1.58. The summed E-state index contributed by atoms with van der Waals surface area (Å²) in [6, 6.07) is 5.53. The van der Waals surface area contributed by atoms with Gasteiger partial charge in [0.15, 0.2) is 0 Å². The molecule has 1 heterocycles. The highest BCUT2D eigenvalue weighted by Crippen LogP contribution is 2.18. The monoisotopic (exact) mass is 280 g/mol. The highest BCUT2D eigenvalue weighted by Gasteiger charge is 2.23. The average Bonchev–Trinajstić information content (AvgIpc) is 2.93. The molecule has 3 atom stereocenters. The van der Waals surface area contributed by atoms with Crippen LogP contribution in [0.5, 0.6) is 0 Å². The normalized spacial score (nSPS) is 21.4. The van der Waals surface area contributed by atoms with Crippen molar-refractivity contribution < 1.29 is 14.3 Å². The highest BCUT2D eigenvalue weighted by atomic mass is 19.1. The lowest BCUT2D eigenvalue weighted by Gasteiger charge is -2.20. The Labute approximate surface area is 118 Å². The predicted octanol–water partition coefficient (Wildman–Crippen LogP) is 1.51. The Bertz CT molecular complexity index is 444. The van der Waals surface area contributed by atoms with Crippen LogP contribution in [0, 0.1) is 5.82 Å². The van der Waals surface area contributed by atoms with E-state index in [0.29, 0.717) is 12.0 Å². The molecule has 0 spiro atoms. The van der Waals surface area contributed by atoms with Crippen molar-refractivity contribution in [1.82, 2.24) is 10.6 Å². The molecule has 2 rings (SSSR count). The second-order valence-electron chi connectivity index (χ2n) is 5.36. The van der Waals surface area contributed by atoms with Crippen LogP contribution in [0.15, 0.2) is 24.3 Å². The smallest absolute Gasteiger partial charge is 0.237 e. The number of halogens is 1. The van der Waals surface area contributed by atoms with Crippen LogP contribution < -0.4 is 10.6 Å². The largest absolute Gasteiger partial charge is 0.388 e. The topological polar surface area (TPSA) is 61.4 Å². The summed E-state index contributed by atoms with van der Waals surface area (Å²) in [5.74, 6) is -0.337. The van der Waals surface area contributed by atoms with Crippen LogP contribution >= 0.6 is 0 Å². The Balaban J connectivity index is 1.82. The van der Waals surface area contributed by atoms with Crippen LogP contribution in [-0.2, 0) is 4.79 Å². The molecule has 110 valence electrons. The van der Waals surface area contributed by atoms with Gasteiger partial charge in [-0.15, -0.1) is 0 Å². The van der Waals surface area contributed by atoms with Crippen molar-refractivity contribution in [3.63, 3.8) is 0 Å². The number of hydrogen-bond donors (Lipinski definition) is 3. The SMILES string of the molecule is CC(CC(O)c1ccc(F)cc1)NC(=O)[C@@H]1CCCN1. The Morgan fingerprint density at radius 1 is 1.50 bits per heavy atom. The van der Waals surface area contributed by atoms with Crippen molar-refractivity contribution >= 4 is 5.91 Å². The van der Waals surface area contributed by atoms with E-state index in [9.17, 15) is 14.3 Å². The predicted molar refractivity (Wildman–Crippen MR) is 74.6 cm³/mol. The van der Waals surface area contributed by atoms with Gasteiger partial charge in [-0.05, 0) is 50.4 Å². The summed E-state index contributed by atoms with van der Waals surface area (Å²) in [5.41, 5.74) is 0.659. The number of carbonyl (C=O) groups excluding carboxylic acids is 1. The fraction of sp³-hybridized carbons (Fsp3) is 0.533. The van der Waals surface area contributed by atoms with E-state index in [1.165, 1.54) is 12.1 Å². The van der Waals surface area contributed by atoms with Gasteiger partial charge in [-0.3, -0.25) is 4.79 Å². The van der Waals surface area contributed by atoms with Gasteiger partial charge in [0.2, 0.25) is 5.91 Å². The van der Waals surface area contributed by atoms with Gasteiger partial charge >= 0.3 is 0 Å². The fourth-order valence-corrected chi connectivity index (χ4v) is 2.47. The van der Waals surface area contributed by atoms with Crippen molar-refractivity contribution in [3.05, 3.63) is 35.6 Å². The van der Waals surface area contributed by atoms with Crippen LogP contribution in [0.4, 0.5) is 4.39 Å². The van der Waals surface area contributed by atoms with E-state index in [4.69, 9.17) is 0 Å². The van der Waals surface area contributed by atoms with E-state index in [2.05, 4.69) is 10.6 Å². The minimum absolute atomic E-state index is 0.0127. The number of aliphatic hydroxyl groups is 1. The van der Waals surface area contributed by atoms with E-state index in [1.807, 2.05) is 6.92 Å². The summed E-state index contributed by atoms with van der Waals surface area (Å²) in [7, 11) is 0. The van der Waals surface area contributed by atoms with Gasteiger partial charge in [0.25, 0.3) is 0 Å². The van der Waals surface area contributed by atoms with E-state index in [1.54, 1.807) is 12.1 Å². The molecule has 1 aliphatic heterocycles. The zero-order chi connectivity index (χ0) is 14.5. The van der Waals surface area contributed by atoms with Gasteiger partial charge in [0, 0.05) is 6.04 Å². The number of amides is 1. The van der Waals surface area contributed by atoms with Crippen molar-refractivity contribution in [2.24, 2.45) is 0 Å². The average molecular weight is 280 g/mol. The fourth-order valence-electron chi connectivity index (χ4n) is 2.47. The van der Waals surface area contributed by atoms with E-state index < -0.39 is 6.10 Å². The molecule has 3 N–H and O–H groups in total. The Morgan fingerprint density at radius 3 is 2.80 bits per heavy atom. The molecule has 1 aliphatic rings. The van der Waals surface area contributed by atoms with Gasteiger partial charge in [-0.25, -0.2) is 4.39 Å². The maximum absolute atomic E-state index is 12.8. The molecule has 2 unspecified atom stereocenters. The first-order valence-corrected chi connectivity index (χ1v) is 7.03. The lowest BCUT2D eigenvalue weighted by molar-refractivity contribution is -0.123. The van der Waals surface area contributed by atoms with Crippen molar-refractivity contribution in [1.29, 1.82) is 0 Å². The van der Waals surface area contributed by atoms with Crippen LogP contribution in [0.25, 0.3) is 0 Å².